The highest BCUT2D eigenvalue weighted by molar-refractivity contribution is 5.94. The lowest BCUT2D eigenvalue weighted by atomic mass is 9.78. The number of fused-ring (bicyclic) bond motifs is 2. The zero-order valence-corrected chi connectivity index (χ0v) is 19.5. The Hall–Kier alpha value is -3.02. The predicted molar refractivity (Wildman–Crippen MR) is 131 cm³/mol. The maximum Gasteiger partial charge on any atom is 0.251 e. The number of para-hydroxylation sites is 1. The molecule has 2 heterocycles. The van der Waals surface area contributed by atoms with Gasteiger partial charge in [0.1, 0.15) is 23.4 Å². The molecule has 2 bridgehead atoms. The van der Waals surface area contributed by atoms with Crippen LogP contribution in [0.5, 0.6) is 17.2 Å². The highest BCUT2D eigenvalue weighted by Crippen LogP contribution is 2.38. The number of hydrogen-bond acceptors (Lipinski definition) is 4. The highest BCUT2D eigenvalue weighted by atomic mass is 35.5. The Morgan fingerprint density at radius 3 is 2.24 bits per heavy atom. The van der Waals surface area contributed by atoms with Gasteiger partial charge in [0.25, 0.3) is 5.91 Å². The van der Waals surface area contributed by atoms with Gasteiger partial charge in [0.15, 0.2) is 0 Å². The molecule has 3 aromatic rings. The van der Waals surface area contributed by atoms with Crippen LogP contribution in [0.2, 0.25) is 0 Å². The van der Waals surface area contributed by atoms with E-state index >= 15 is 0 Å². The molecule has 0 radical (unpaired) electrons. The normalized spacial score (nSPS) is 21.3. The molecule has 3 fully saturated rings. The van der Waals surface area contributed by atoms with E-state index in [0.29, 0.717) is 29.9 Å². The number of carbonyl (C=O) groups is 1. The summed E-state index contributed by atoms with van der Waals surface area (Å²) in [7, 11) is 2.21. The van der Waals surface area contributed by atoms with Crippen molar-refractivity contribution in [2.75, 3.05) is 7.05 Å². The van der Waals surface area contributed by atoms with Crippen molar-refractivity contribution < 1.29 is 14.3 Å². The molecule has 5 nitrogen and oxygen atoms in total. The molecule has 1 aliphatic carbocycles. The van der Waals surface area contributed by atoms with Gasteiger partial charge in [-0.2, -0.15) is 0 Å². The second-order valence-corrected chi connectivity index (χ2v) is 8.69. The fraction of sp³-hybridized carbons (Fsp3) is 0.296. The molecule has 6 heteroatoms. The minimum absolute atomic E-state index is 0. The van der Waals surface area contributed by atoms with Crippen LogP contribution in [0.1, 0.15) is 35.2 Å². The molecule has 0 aromatic heterocycles. The van der Waals surface area contributed by atoms with Gasteiger partial charge in [0, 0.05) is 24.2 Å². The van der Waals surface area contributed by atoms with Gasteiger partial charge in [-0.05, 0) is 80.4 Å². The summed E-state index contributed by atoms with van der Waals surface area (Å²) < 4.78 is 12.0. The van der Waals surface area contributed by atoms with E-state index in [0.717, 1.165) is 29.9 Å². The van der Waals surface area contributed by atoms with Crippen molar-refractivity contribution in [1.82, 2.24) is 10.2 Å². The van der Waals surface area contributed by atoms with E-state index in [4.69, 9.17) is 9.47 Å². The van der Waals surface area contributed by atoms with Gasteiger partial charge >= 0.3 is 0 Å². The molecule has 3 aromatic carbocycles. The highest BCUT2D eigenvalue weighted by Gasteiger charge is 2.43. The molecule has 6 rings (SSSR count). The quantitative estimate of drug-likeness (QED) is 0.505. The summed E-state index contributed by atoms with van der Waals surface area (Å²) >= 11 is 0. The zero-order chi connectivity index (χ0) is 21.9. The first-order valence-electron chi connectivity index (χ1n) is 11.2. The van der Waals surface area contributed by atoms with Crippen LogP contribution in [0.3, 0.4) is 0 Å². The van der Waals surface area contributed by atoms with E-state index in [-0.39, 0.29) is 24.4 Å². The van der Waals surface area contributed by atoms with Crippen molar-refractivity contribution in [2.24, 2.45) is 0 Å². The van der Waals surface area contributed by atoms with Gasteiger partial charge in [0.2, 0.25) is 0 Å². The maximum absolute atomic E-state index is 12.6. The van der Waals surface area contributed by atoms with E-state index < -0.39 is 0 Å². The number of carbonyl (C=O) groups excluding carboxylic acids is 1. The van der Waals surface area contributed by atoms with E-state index in [9.17, 15) is 4.79 Å². The largest absolute Gasteiger partial charge is 0.490 e. The lowest BCUT2D eigenvalue weighted by Crippen LogP contribution is -2.60. The summed E-state index contributed by atoms with van der Waals surface area (Å²) in [5, 5.41) is 2.99. The monoisotopic (exact) mass is 464 g/mol. The van der Waals surface area contributed by atoms with Gasteiger partial charge < -0.3 is 19.7 Å². The molecular formula is C27H29ClN2O3. The van der Waals surface area contributed by atoms with Gasteiger partial charge in [-0.3, -0.25) is 4.79 Å². The van der Waals surface area contributed by atoms with Crippen molar-refractivity contribution in [3.63, 3.8) is 0 Å². The van der Waals surface area contributed by atoms with Gasteiger partial charge in [0.05, 0.1) is 0 Å². The van der Waals surface area contributed by atoms with Crippen LogP contribution < -0.4 is 14.8 Å². The summed E-state index contributed by atoms with van der Waals surface area (Å²) in [5.41, 5.74) is 1.63. The third-order valence-electron chi connectivity index (χ3n) is 6.52. The average Bonchev–Trinajstić information content (AvgIpc) is 2.84. The van der Waals surface area contributed by atoms with Crippen molar-refractivity contribution in [3.05, 3.63) is 90.0 Å². The van der Waals surface area contributed by atoms with Crippen LogP contribution in [0.15, 0.2) is 78.9 Å². The molecule has 3 aliphatic rings. The van der Waals surface area contributed by atoms with Crippen molar-refractivity contribution in [3.8, 4) is 17.2 Å². The van der Waals surface area contributed by atoms with Gasteiger partial charge in [-0.1, -0.05) is 30.3 Å². The Morgan fingerprint density at radius 2 is 1.55 bits per heavy atom. The van der Waals surface area contributed by atoms with E-state index in [2.05, 4.69) is 17.3 Å². The Kier molecular flexibility index (Phi) is 7.21. The average molecular weight is 465 g/mol. The molecule has 2 saturated heterocycles. The van der Waals surface area contributed by atoms with Crippen molar-refractivity contribution >= 4 is 18.3 Å². The summed E-state index contributed by atoms with van der Waals surface area (Å²) in [4.78, 5) is 15.0. The number of halogens is 1. The van der Waals surface area contributed by atoms with Gasteiger partial charge in [-0.25, -0.2) is 0 Å². The van der Waals surface area contributed by atoms with Crippen LogP contribution in [0, 0.1) is 0 Å². The number of ether oxygens (including phenoxy) is 2. The Bertz CT molecular complexity index is 1060. The second kappa shape index (κ2) is 10.3. The lowest BCUT2D eigenvalue weighted by Gasteiger charge is -2.53. The number of piperidine rings is 1. The Balaban J connectivity index is 0.00000259. The molecular weight excluding hydrogens is 436 g/mol. The number of rotatable bonds is 7. The molecule has 1 N–H and O–H groups in total. The minimum Gasteiger partial charge on any atom is -0.490 e. The number of benzene rings is 3. The zero-order valence-electron chi connectivity index (χ0n) is 18.6. The number of nitrogens with one attached hydrogen (secondary N) is 1. The van der Waals surface area contributed by atoms with Crippen molar-refractivity contribution in [2.45, 2.75) is 44.0 Å². The number of hydrogen-bond donors (Lipinski definition) is 1. The van der Waals surface area contributed by atoms with E-state index in [1.54, 1.807) is 12.1 Å². The van der Waals surface area contributed by atoms with Crippen molar-refractivity contribution in [1.29, 1.82) is 0 Å². The molecule has 0 spiro atoms. The first-order valence-corrected chi connectivity index (χ1v) is 11.2. The molecule has 1 amide bonds. The first kappa shape index (κ1) is 23.1. The fourth-order valence-electron chi connectivity index (χ4n) is 4.64. The topological polar surface area (TPSA) is 50.8 Å². The first-order chi connectivity index (χ1) is 15.6. The summed E-state index contributed by atoms with van der Waals surface area (Å²) in [6, 6.07) is 26.1. The van der Waals surface area contributed by atoms with Crippen LogP contribution in [0.25, 0.3) is 0 Å². The van der Waals surface area contributed by atoms with E-state index in [1.807, 2.05) is 66.7 Å². The number of nitrogens with zero attached hydrogens (tertiary/aromatic N) is 1. The lowest BCUT2D eigenvalue weighted by molar-refractivity contribution is -0.0559. The SMILES string of the molecule is CN1[C@@H]2CC(Oc3cccc(CNC(=O)c4ccc(Oc5ccccc5)cc4)c3)C[C@H]1C2.Cl. The summed E-state index contributed by atoms with van der Waals surface area (Å²) in [6.07, 6.45) is 3.79. The maximum atomic E-state index is 12.6. The standard InChI is InChI=1S/C27H28N2O3.ClH/c1-29-21-15-22(29)17-26(16-21)32-25-9-5-6-19(14-25)18-28-27(30)20-10-12-24(13-11-20)31-23-7-3-2-4-8-23;/h2-14,21-22,26H,15-18H2,1H3,(H,28,30);1H/t21-,22+,26?;. The van der Waals surface area contributed by atoms with Gasteiger partial charge in [-0.15, -0.1) is 12.4 Å². The molecule has 1 unspecified atom stereocenters. The van der Waals surface area contributed by atoms with Crippen LogP contribution in [-0.4, -0.2) is 36.0 Å². The Labute approximate surface area is 201 Å². The van der Waals surface area contributed by atoms with E-state index in [1.165, 1.54) is 6.42 Å². The molecule has 2 aliphatic heterocycles. The summed E-state index contributed by atoms with van der Waals surface area (Å²) in [6.45, 7) is 0.455. The minimum atomic E-state index is -0.113. The molecule has 33 heavy (non-hydrogen) atoms. The molecule has 1 saturated carbocycles. The van der Waals surface area contributed by atoms with Crippen LogP contribution in [0.4, 0.5) is 0 Å². The fourth-order valence-corrected chi connectivity index (χ4v) is 4.64. The Morgan fingerprint density at radius 1 is 0.879 bits per heavy atom. The summed E-state index contributed by atoms with van der Waals surface area (Å²) in [5.74, 6) is 2.24. The second-order valence-electron chi connectivity index (χ2n) is 8.69. The third kappa shape index (κ3) is 5.49. The smallest absolute Gasteiger partial charge is 0.251 e. The van der Waals surface area contributed by atoms with Crippen LogP contribution in [-0.2, 0) is 6.54 Å². The molecule has 3 atom stereocenters. The third-order valence-corrected chi connectivity index (χ3v) is 6.52. The molecule has 172 valence electrons. The predicted octanol–water partition coefficient (Wildman–Crippen LogP) is 5.44. The number of amides is 1. The van der Waals surface area contributed by atoms with Crippen LogP contribution >= 0.6 is 12.4 Å².